The van der Waals surface area contributed by atoms with Crippen LogP contribution in [0.5, 0.6) is 5.75 Å². The summed E-state index contributed by atoms with van der Waals surface area (Å²) in [5, 5.41) is 4.24. The van der Waals surface area contributed by atoms with Gasteiger partial charge in [-0.3, -0.25) is 0 Å². The Kier molecular flexibility index (Phi) is 4.58. The molecule has 4 aromatic carbocycles. The van der Waals surface area contributed by atoms with Crippen molar-refractivity contribution < 1.29 is 4.52 Å². The summed E-state index contributed by atoms with van der Waals surface area (Å²) in [5.74, 6) is 0.871. The van der Waals surface area contributed by atoms with Gasteiger partial charge in [-0.05, 0) is 0 Å². The fourth-order valence-electron chi connectivity index (χ4n) is 4.79. The molecule has 0 radical (unpaired) electrons. The van der Waals surface area contributed by atoms with Crippen molar-refractivity contribution >= 4 is 40.2 Å². The standard InChI is InChI=1S/C26H23ClNOP/c1-2-28-25-20-21(27)18-19-26(25)29-30(28,22-12-6-3-7-13-22,23-14-8-4-9-15-23)24-16-10-5-11-17-24/h3-20H,2H2,1H3. The van der Waals surface area contributed by atoms with Gasteiger partial charge in [0.2, 0.25) is 0 Å². The van der Waals surface area contributed by atoms with E-state index in [-0.39, 0.29) is 0 Å². The Morgan fingerprint density at radius 2 is 1.17 bits per heavy atom. The Morgan fingerprint density at radius 1 is 0.700 bits per heavy atom. The summed E-state index contributed by atoms with van der Waals surface area (Å²) in [6.45, 7) is -0.546. The third-order valence-corrected chi connectivity index (χ3v) is 11.9. The third-order valence-electron chi connectivity index (χ3n) is 5.94. The maximum atomic E-state index is 7.30. The summed E-state index contributed by atoms with van der Waals surface area (Å²) in [4.78, 5) is 0. The van der Waals surface area contributed by atoms with E-state index < -0.39 is 6.98 Å². The molecule has 1 heterocycles. The van der Waals surface area contributed by atoms with Crippen molar-refractivity contribution in [2.75, 3.05) is 11.2 Å². The number of halogens is 1. The molecule has 1 aliphatic rings. The van der Waals surface area contributed by atoms with Gasteiger partial charge in [0.05, 0.1) is 0 Å². The van der Waals surface area contributed by atoms with Gasteiger partial charge in [-0.15, -0.1) is 0 Å². The Balaban J connectivity index is 2.00. The van der Waals surface area contributed by atoms with Gasteiger partial charge in [-0.1, -0.05) is 0 Å². The van der Waals surface area contributed by atoms with E-state index in [9.17, 15) is 0 Å². The predicted octanol–water partition coefficient (Wildman–Crippen LogP) is 5.92. The molecule has 0 unspecified atom stereocenters. The van der Waals surface area contributed by atoms with Crippen LogP contribution < -0.4 is 25.1 Å². The van der Waals surface area contributed by atoms with Gasteiger partial charge < -0.3 is 0 Å². The summed E-state index contributed by atoms with van der Waals surface area (Å²) < 4.78 is 9.76. The van der Waals surface area contributed by atoms with Gasteiger partial charge in [0.1, 0.15) is 0 Å². The first-order valence-electron chi connectivity index (χ1n) is 10.2. The van der Waals surface area contributed by atoms with Gasteiger partial charge in [-0.2, -0.15) is 0 Å². The summed E-state index contributed by atoms with van der Waals surface area (Å²) in [7, 11) is 0. The average Bonchev–Trinajstić information content (AvgIpc) is 3.13. The molecule has 0 atom stereocenters. The van der Waals surface area contributed by atoms with Crippen molar-refractivity contribution in [1.29, 1.82) is 0 Å². The molecule has 0 N–H and O–H groups in total. The molecular formula is C26H23ClNOP. The van der Waals surface area contributed by atoms with Crippen molar-refractivity contribution in [3.63, 3.8) is 0 Å². The first-order valence-corrected chi connectivity index (χ1v) is 12.6. The van der Waals surface area contributed by atoms with Gasteiger partial charge >= 0.3 is 183 Å². The van der Waals surface area contributed by atoms with E-state index in [1.54, 1.807) is 0 Å². The number of fused-ring (bicyclic) bond motifs is 1. The average molecular weight is 432 g/mol. The van der Waals surface area contributed by atoms with Crippen LogP contribution in [0, 0.1) is 0 Å². The van der Waals surface area contributed by atoms with Gasteiger partial charge in [0.15, 0.2) is 0 Å². The maximum absolute atomic E-state index is 7.30. The molecule has 4 aromatic rings. The molecule has 150 valence electrons. The minimum absolute atomic E-state index is 0.712. The number of rotatable bonds is 4. The van der Waals surface area contributed by atoms with Crippen molar-refractivity contribution in [3.05, 3.63) is 114 Å². The SMILES string of the molecule is CCN1c2cc(Cl)ccc2OP1(c1ccccc1)(c1ccccc1)c1ccccc1. The molecule has 0 bridgehead atoms. The molecule has 0 saturated heterocycles. The molecule has 0 saturated carbocycles. The van der Waals surface area contributed by atoms with Crippen molar-refractivity contribution in [3.8, 4) is 5.75 Å². The Morgan fingerprint density at radius 3 is 1.60 bits per heavy atom. The summed E-state index contributed by atoms with van der Waals surface area (Å²) in [6, 6.07) is 37.9. The number of hydrogen-bond donors (Lipinski definition) is 0. The zero-order valence-corrected chi connectivity index (χ0v) is 18.4. The monoisotopic (exact) mass is 431 g/mol. The minimum atomic E-state index is -3.52. The fourth-order valence-corrected chi connectivity index (χ4v) is 10.9. The summed E-state index contributed by atoms with van der Waals surface area (Å²) >= 11 is 6.45. The predicted molar refractivity (Wildman–Crippen MR) is 130 cm³/mol. The van der Waals surface area contributed by atoms with Crippen molar-refractivity contribution in [2.24, 2.45) is 0 Å². The van der Waals surface area contributed by atoms with Crippen LogP contribution in [0.2, 0.25) is 5.02 Å². The molecule has 0 spiro atoms. The van der Waals surface area contributed by atoms with Gasteiger partial charge in [0, 0.05) is 0 Å². The van der Waals surface area contributed by atoms with Crippen molar-refractivity contribution in [2.45, 2.75) is 6.92 Å². The fraction of sp³-hybridized carbons (Fsp3) is 0.0769. The number of benzene rings is 4. The molecule has 2 nitrogen and oxygen atoms in total. The van der Waals surface area contributed by atoms with Crippen LogP contribution in [0.4, 0.5) is 5.69 Å². The quantitative estimate of drug-likeness (QED) is 0.372. The summed E-state index contributed by atoms with van der Waals surface area (Å²) in [5.41, 5.74) is 1.04. The van der Waals surface area contributed by atoms with Crippen LogP contribution in [0.3, 0.4) is 0 Å². The first kappa shape index (κ1) is 19.2. The van der Waals surface area contributed by atoms with Crippen LogP contribution >= 0.6 is 18.6 Å². The van der Waals surface area contributed by atoms with Crippen molar-refractivity contribution in [1.82, 2.24) is 0 Å². The molecule has 0 aromatic heterocycles. The van der Waals surface area contributed by atoms with Crippen LogP contribution in [-0.4, -0.2) is 6.54 Å². The second kappa shape index (κ2) is 7.16. The van der Waals surface area contributed by atoms with Gasteiger partial charge in [-0.25, -0.2) is 0 Å². The molecule has 1 aliphatic heterocycles. The molecule has 30 heavy (non-hydrogen) atoms. The van der Waals surface area contributed by atoms with E-state index in [0.717, 1.165) is 18.0 Å². The second-order valence-corrected chi connectivity index (χ2v) is 12.0. The van der Waals surface area contributed by atoms with E-state index >= 15 is 0 Å². The van der Waals surface area contributed by atoms with Crippen LogP contribution in [0.1, 0.15) is 6.92 Å². The van der Waals surface area contributed by atoms with E-state index in [1.807, 2.05) is 18.2 Å². The van der Waals surface area contributed by atoms with E-state index in [4.69, 9.17) is 16.1 Å². The third kappa shape index (κ3) is 2.41. The van der Waals surface area contributed by atoms with E-state index in [0.29, 0.717) is 5.02 Å². The van der Waals surface area contributed by atoms with Crippen LogP contribution in [0.15, 0.2) is 109 Å². The summed E-state index contributed by atoms with van der Waals surface area (Å²) in [6.07, 6.45) is 0. The molecule has 0 fully saturated rings. The molecular weight excluding hydrogens is 409 g/mol. The topological polar surface area (TPSA) is 12.5 Å². The number of anilines is 1. The van der Waals surface area contributed by atoms with Gasteiger partial charge in [0.25, 0.3) is 0 Å². The Hall–Kier alpha value is -2.80. The van der Waals surface area contributed by atoms with Crippen LogP contribution in [0.25, 0.3) is 0 Å². The molecule has 0 amide bonds. The Labute approximate surface area is 182 Å². The Bertz CT molecular complexity index is 1080. The number of nitrogens with zero attached hydrogens (tertiary/aromatic N) is 1. The second-order valence-electron chi connectivity index (χ2n) is 7.42. The zero-order valence-electron chi connectivity index (χ0n) is 16.8. The van der Waals surface area contributed by atoms with Crippen LogP contribution in [-0.2, 0) is 0 Å². The molecule has 4 heteroatoms. The molecule has 0 aliphatic carbocycles. The first-order chi connectivity index (χ1) is 14.7. The molecule has 5 rings (SSSR count). The number of hydrogen-bond acceptors (Lipinski definition) is 2. The zero-order chi connectivity index (χ0) is 20.6. The van der Waals surface area contributed by atoms with E-state index in [1.165, 1.54) is 15.9 Å². The normalized spacial score (nSPS) is 17.4. The van der Waals surface area contributed by atoms with E-state index in [2.05, 4.69) is 103 Å².